The SMILES string of the molecule is CCCCN1C(=O)S/C(=C\c2cc(Cl)c(OCc3cccc(F)c3)c(OC)c2)C1=O. The van der Waals surface area contributed by atoms with E-state index < -0.39 is 0 Å². The predicted octanol–water partition coefficient (Wildman–Crippen LogP) is 5.90. The predicted molar refractivity (Wildman–Crippen MR) is 116 cm³/mol. The summed E-state index contributed by atoms with van der Waals surface area (Å²) >= 11 is 7.29. The summed E-state index contributed by atoms with van der Waals surface area (Å²) < 4.78 is 24.5. The molecule has 0 aromatic heterocycles. The second-order valence-corrected chi connectivity index (χ2v) is 8.04. The summed E-state index contributed by atoms with van der Waals surface area (Å²) in [5.41, 5.74) is 1.26. The highest BCUT2D eigenvalue weighted by molar-refractivity contribution is 8.18. The fourth-order valence-corrected chi connectivity index (χ4v) is 4.04. The lowest BCUT2D eigenvalue weighted by Crippen LogP contribution is -2.29. The summed E-state index contributed by atoms with van der Waals surface area (Å²) in [5, 5.41) is 0.00928. The number of ether oxygens (including phenoxy) is 2. The number of unbranched alkanes of at least 4 members (excludes halogenated alkanes) is 1. The molecule has 0 spiro atoms. The lowest BCUT2D eigenvalue weighted by molar-refractivity contribution is -0.122. The molecule has 2 amide bonds. The van der Waals surface area contributed by atoms with Crippen molar-refractivity contribution in [2.75, 3.05) is 13.7 Å². The maximum atomic E-state index is 13.4. The van der Waals surface area contributed by atoms with Crippen LogP contribution in [0.15, 0.2) is 41.3 Å². The number of benzene rings is 2. The molecule has 1 aliphatic rings. The lowest BCUT2D eigenvalue weighted by atomic mass is 10.1. The molecular weight excluding hydrogens is 429 g/mol. The summed E-state index contributed by atoms with van der Waals surface area (Å²) in [6.07, 6.45) is 3.27. The van der Waals surface area contributed by atoms with E-state index in [1.54, 1.807) is 30.3 Å². The maximum absolute atomic E-state index is 13.4. The summed E-state index contributed by atoms with van der Waals surface area (Å²) in [7, 11) is 1.48. The molecule has 0 unspecified atom stereocenters. The van der Waals surface area contributed by atoms with Crippen LogP contribution in [0.3, 0.4) is 0 Å². The van der Waals surface area contributed by atoms with Gasteiger partial charge in [0.2, 0.25) is 0 Å². The molecule has 0 bridgehead atoms. The van der Waals surface area contributed by atoms with Crippen molar-refractivity contribution in [1.29, 1.82) is 0 Å². The van der Waals surface area contributed by atoms with E-state index in [1.807, 2.05) is 6.92 Å². The van der Waals surface area contributed by atoms with Gasteiger partial charge < -0.3 is 9.47 Å². The molecule has 0 saturated carbocycles. The van der Waals surface area contributed by atoms with Crippen LogP contribution < -0.4 is 9.47 Å². The summed E-state index contributed by atoms with van der Waals surface area (Å²) in [6, 6.07) is 9.38. The van der Waals surface area contributed by atoms with Gasteiger partial charge in [0, 0.05) is 6.54 Å². The first-order chi connectivity index (χ1) is 14.4. The van der Waals surface area contributed by atoms with E-state index in [0.717, 1.165) is 24.6 Å². The number of hydrogen-bond acceptors (Lipinski definition) is 5. The number of rotatable bonds is 8. The molecular formula is C22H21ClFNO4S. The number of halogens is 2. The van der Waals surface area contributed by atoms with Gasteiger partial charge in [0.15, 0.2) is 11.5 Å². The number of hydrogen-bond donors (Lipinski definition) is 0. The third-order valence-corrected chi connectivity index (χ3v) is 5.62. The maximum Gasteiger partial charge on any atom is 0.293 e. The van der Waals surface area contributed by atoms with Crippen LogP contribution in [0.5, 0.6) is 11.5 Å². The zero-order valence-electron chi connectivity index (χ0n) is 16.6. The van der Waals surface area contributed by atoms with E-state index in [9.17, 15) is 14.0 Å². The van der Waals surface area contributed by atoms with Gasteiger partial charge in [0.25, 0.3) is 11.1 Å². The number of amides is 2. The molecule has 0 aliphatic carbocycles. The number of carbonyl (C=O) groups excluding carboxylic acids is 2. The van der Waals surface area contributed by atoms with E-state index in [2.05, 4.69) is 0 Å². The van der Waals surface area contributed by atoms with Crippen LogP contribution in [-0.4, -0.2) is 29.7 Å². The Balaban J connectivity index is 1.81. The van der Waals surface area contributed by atoms with Gasteiger partial charge >= 0.3 is 0 Å². The molecule has 0 radical (unpaired) electrons. The molecule has 158 valence electrons. The van der Waals surface area contributed by atoms with E-state index >= 15 is 0 Å². The monoisotopic (exact) mass is 449 g/mol. The molecule has 5 nitrogen and oxygen atoms in total. The van der Waals surface area contributed by atoms with Crippen molar-refractivity contribution >= 4 is 40.6 Å². The van der Waals surface area contributed by atoms with Gasteiger partial charge in [0.05, 0.1) is 17.0 Å². The van der Waals surface area contributed by atoms with Crippen LogP contribution in [-0.2, 0) is 11.4 Å². The van der Waals surface area contributed by atoms with Gasteiger partial charge in [-0.2, -0.15) is 0 Å². The topological polar surface area (TPSA) is 55.8 Å². The number of thioether (sulfide) groups is 1. The Morgan fingerprint density at radius 2 is 2.03 bits per heavy atom. The highest BCUT2D eigenvalue weighted by Crippen LogP contribution is 2.39. The molecule has 0 N–H and O–H groups in total. The molecule has 8 heteroatoms. The quantitative estimate of drug-likeness (QED) is 0.469. The van der Waals surface area contributed by atoms with Crippen LogP contribution in [0.1, 0.15) is 30.9 Å². The highest BCUT2D eigenvalue weighted by Gasteiger charge is 2.34. The van der Waals surface area contributed by atoms with Crippen molar-refractivity contribution in [2.45, 2.75) is 26.4 Å². The van der Waals surface area contributed by atoms with Crippen LogP contribution in [0, 0.1) is 5.82 Å². The Morgan fingerprint density at radius 3 is 2.73 bits per heavy atom. The Bertz CT molecular complexity index is 995. The lowest BCUT2D eigenvalue weighted by Gasteiger charge is -2.14. The molecule has 1 saturated heterocycles. The standard InChI is InChI=1S/C22H21ClFNO4S/c1-3-4-8-25-21(26)19(30-22(25)27)12-15-10-17(23)20(18(11-15)28-2)29-13-14-6-5-7-16(24)9-14/h5-7,9-12H,3-4,8,13H2,1-2H3/b19-12-. The first-order valence-electron chi connectivity index (χ1n) is 9.43. The second-order valence-electron chi connectivity index (χ2n) is 6.64. The van der Waals surface area contributed by atoms with Gasteiger partial charge in [-0.25, -0.2) is 4.39 Å². The third-order valence-electron chi connectivity index (χ3n) is 4.43. The summed E-state index contributed by atoms with van der Waals surface area (Å²) in [6.45, 7) is 2.53. The van der Waals surface area contributed by atoms with Crippen LogP contribution in [0.25, 0.3) is 6.08 Å². The minimum absolute atomic E-state index is 0.115. The van der Waals surface area contributed by atoms with Crippen LogP contribution in [0.4, 0.5) is 9.18 Å². The molecule has 1 heterocycles. The third kappa shape index (κ3) is 5.15. The van der Waals surface area contributed by atoms with Gasteiger partial charge in [-0.05, 0) is 59.7 Å². The number of imide groups is 1. The van der Waals surface area contributed by atoms with Crippen molar-refractivity contribution < 1.29 is 23.5 Å². The minimum atomic E-state index is -0.350. The molecule has 2 aromatic rings. The van der Waals surface area contributed by atoms with E-state index in [4.69, 9.17) is 21.1 Å². The number of nitrogens with zero attached hydrogens (tertiary/aromatic N) is 1. The van der Waals surface area contributed by atoms with Crippen molar-refractivity contribution in [3.05, 3.63) is 63.3 Å². The number of methoxy groups -OCH3 is 1. The molecule has 1 fully saturated rings. The van der Waals surface area contributed by atoms with Gasteiger partial charge in [-0.1, -0.05) is 37.1 Å². The van der Waals surface area contributed by atoms with Crippen molar-refractivity contribution in [1.82, 2.24) is 4.90 Å². The molecule has 3 rings (SSSR count). The Hall–Kier alpha value is -2.51. The second kappa shape index (κ2) is 10.00. The van der Waals surface area contributed by atoms with E-state index in [0.29, 0.717) is 34.1 Å². The molecule has 30 heavy (non-hydrogen) atoms. The highest BCUT2D eigenvalue weighted by atomic mass is 35.5. The Morgan fingerprint density at radius 1 is 1.23 bits per heavy atom. The average Bonchev–Trinajstić information content (AvgIpc) is 2.98. The fraction of sp³-hybridized carbons (Fsp3) is 0.273. The minimum Gasteiger partial charge on any atom is -0.493 e. The summed E-state index contributed by atoms with van der Waals surface area (Å²) in [4.78, 5) is 26.2. The zero-order valence-corrected chi connectivity index (χ0v) is 18.2. The van der Waals surface area contributed by atoms with E-state index in [-0.39, 0.29) is 28.6 Å². The molecule has 2 aromatic carbocycles. The van der Waals surface area contributed by atoms with Crippen molar-refractivity contribution in [3.8, 4) is 11.5 Å². The van der Waals surface area contributed by atoms with Gasteiger partial charge in [-0.15, -0.1) is 0 Å². The fourth-order valence-electron chi connectivity index (χ4n) is 2.91. The first kappa shape index (κ1) is 22.2. The van der Waals surface area contributed by atoms with Crippen LogP contribution in [0.2, 0.25) is 5.02 Å². The molecule has 0 atom stereocenters. The van der Waals surface area contributed by atoms with Gasteiger partial charge in [-0.3, -0.25) is 14.5 Å². The largest absolute Gasteiger partial charge is 0.493 e. The molecule has 1 aliphatic heterocycles. The zero-order chi connectivity index (χ0) is 21.7. The van der Waals surface area contributed by atoms with Crippen LogP contribution >= 0.6 is 23.4 Å². The number of carbonyl (C=O) groups is 2. The van der Waals surface area contributed by atoms with Gasteiger partial charge in [0.1, 0.15) is 12.4 Å². The normalized spacial score (nSPS) is 15.2. The van der Waals surface area contributed by atoms with E-state index in [1.165, 1.54) is 24.1 Å². The Labute approximate surface area is 183 Å². The summed E-state index contributed by atoms with van der Waals surface area (Å²) in [5.74, 6) is 0.0318. The smallest absolute Gasteiger partial charge is 0.293 e. The Kier molecular flexibility index (Phi) is 7.39. The average molecular weight is 450 g/mol. The first-order valence-corrected chi connectivity index (χ1v) is 10.6. The van der Waals surface area contributed by atoms with Crippen molar-refractivity contribution in [3.63, 3.8) is 0 Å². The van der Waals surface area contributed by atoms with Crippen molar-refractivity contribution in [2.24, 2.45) is 0 Å².